The van der Waals surface area contributed by atoms with Crippen LogP contribution in [0, 0.1) is 0 Å². The van der Waals surface area contributed by atoms with Gasteiger partial charge in [0.25, 0.3) is 0 Å². The number of hydrogen-bond donors (Lipinski definition) is 1. The quantitative estimate of drug-likeness (QED) is 0.804. The van der Waals surface area contributed by atoms with Gasteiger partial charge < -0.3 is 10.0 Å². The van der Waals surface area contributed by atoms with Gasteiger partial charge in [-0.25, -0.2) is 0 Å². The number of aliphatic hydroxyl groups is 1. The summed E-state index contributed by atoms with van der Waals surface area (Å²) in [5, 5.41) is 10.2. The lowest BCUT2D eigenvalue weighted by Crippen LogP contribution is -2.38. The molecule has 1 aliphatic rings. The molecule has 1 atom stereocenters. The van der Waals surface area contributed by atoms with Crippen LogP contribution < -0.4 is 4.90 Å². The van der Waals surface area contributed by atoms with Gasteiger partial charge >= 0.3 is 0 Å². The van der Waals surface area contributed by atoms with Crippen LogP contribution in [0.15, 0.2) is 18.2 Å². The van der Waals surface area contributed by atoms with Crippen molar-refractivity contribution in [2.75, 3.05) is 18.0 Å². The fraction of sp³-hybridized carbons (Fsp3) is 0.417. The van der Waals surface area contributed by atoms with E-state index in [0.29, 0.717) is 17.1 Å². The van der Waals surface area contributed by atoms with Gasteiger partial charge in [0.1, 0.15) is 0 Å². The molecule has 1 N–H and O–H groups in total. The summed E-state index contributed by atoms with van der Waals surface area (Å²) in [5.41, 5.74) is 1.44. The van der Waals surface area contributed by atoms with Gasteiger partial charge in [0, 0.05) is 29.4 Å². The summed E-state index contributed by atoms with van der Waals surface area (Å²) >= 11 is 5.84. The van der Waals surface area contributed by atoms with Gasteiger partial charge in [0.15, 0.2) is 6.29 Å². The first-order valence-electron chi connectivity index (χ1n) is 5.38. The molecule has 0 amide bonds. The van der Waals surface area contributed by atoms with E-state index in [1.54, 1.807) is 12.1 Å². The van der Waals surface area contributed by atoms with Gasteiger partial charge in [-0.05, 0) is 31.0 Å². The van der Waals surface area contributed by atoms with Gasteiger partial charge in [0.2, 0.25) is 0 Å². The van der Waals surface area contributed by atoms with Gasteiger partial charge in [0.05, 0.1) is 6.10 Å². The maximum atomic E-state index is 11.0. The number of piperidine rings is 1. The summed E-state index contributed by atoms with van der Waals surface area (Å²) in [6, 6.07) is 5.26. The van der Waals surface area contributed by atoms with Crippen molar-refractivity contribution >= 4 is 23.6 Å². The van der Waals surface area contributed by atoms with Gasteiger partial charge in [-0.15, -0.1) is 0 Å². The largest absolute Gasteiger partial charge is 0.391 e. The Balaban J connectivity index is 2.28. The lowest BCUT2D eigenvalue weighted by molar-refractivity contribution is 0.112. The predicted octanol–water partition coefficient (Wildman–Crippen LogP) is 2.11. The molecule has 0 aromatic heterocycles. The van der Waals surface area contributed by atoms with Crippen LogP contribution in [0.5, 0.6) is 0 Å². The number of hydrogen-bond acceptors (Lipinski definition) is 3. The van der Waals surface area contributed by atoms with Crippen molar-refractivity contribution in [1.29, 1.82) is 0 Å². The number of β-amino-alcohol motifs (C(OH)–C–C–N with tert-alkyl or cyclic N) is 1. The molecule has 1 aromatic rings. The number of nitrogens with zero attached hydrogens (tertiary/aromatic N) is 1. The molecular formula is C12H14ClNO2. The monoisotopic (exact) mass is 239 g/mol. The highest BCUT2D eigenvalue weighted by atomic mass is 35.5. The van der Waals surface area contributed by atoms with Gasteiger partial charge in [-0.1, -0.05) is 11.6 Å². The van der Waals surface area contributed by atoms with E-state index in [4.69, 9.17) is 11.6 Å². The van der Waals surface area contributed by atoms with E-state index in [1.807, 2.05) is 11.0 Å². The van der Waals surface area contributed by atoms with Crippen molar-refractivity contribution in [1.82, 2.24) is 0 Å². The van der Waals surface area contributed by atoms with Crippen LogP contribution in [0.25, 0.3) is 0 Å². The molecule has 3 nitrogen and oxygen atoms in total. The number of halogens is 1. The molecule has 0 radical (unpaired) electrons. The Hall–Kier alpha value is -1.06. The second-order valence-corrected chi connectivity index (χ2v) is 4.50. The first kappa shape index (κ1) is 11.4. The smallest absolute Gasteiger partial charge is 0.152 e. The van der Waals surface area contributed by atoms with Crippen molar-refractivity contribution in [3.63, 3.8) is 0 Å². The van der Waals surface area contributed by atoms with Crippen LogP contribution in [-0.4, -0.2) is 30.6 Å². The molecule has 1 aliphatic heterocycles. The molecule has 1 unspecified atom stereocenters. The lowest BCUT2D eigenvalue weighted by atomic mass is 10.1. The van der Waals surface area contributed by atoms with Crippen molar-refractivity contribution in [3.8, 4) is 0 Å². The number of benzene rings is 1. The SMILES string of the molecule is O=Cc1cc(Cl)ccc1N1CCCC(O)C1. The predicted molar refractivity (Wildman–Crippen MR) is 64.3 cm³/mol. The van der Waals surface area contributed by atoms with E-state index in [2.05, 4.69) is 0 Å². The normalized spacial score (nSPS) is 20.9. The molecule has 1 heterocycles. The summed E-state index contributed by atoms with van der Waals surface area (Å²) in [6.07, 6.45) is 2.29. The molecule has 1 aromatic carbocycles. The van der Waals surface area contributed by atoms with E-state index < -0.39 is 0 Å². The van der Waals surface area contributed by atoms with Gasteiger partial charge in [-0.3, -0.25) is 4.79 Å². The topological polar surface area (TPSA) is 40.5 Å². The summed E-state index contributed by atoms with van der Waals surface area (Å²) in [4.78, 5) is 13.0. The van der Waals surface area contributed by atoms with Crippen LogP contribution in [0.2, 0.25) is 5.02 Å². The molecular weight excluding hydrogens is 226 g/mol. The molecule has 0 spiro atoms. The Kier molecular flexibility index (Phi) is 3.46. The highest BCUT2D eigenvalue weighted by Gasteiger charge is 2.19. The summed E-state index contributed by atoms with van der Waals surface area (Å²) < 4.78 is 0. The Bertz CT molecular complexity index is 395. The van der Waals surface area contributed by atoms with Crippen molar-refractivity contribution < 1.29 is 9.90 Å². The number of aliphatic hydroxyl groups excluding tert-OH is 1. The van der Waals surface area contributed by atoms with E-state index in [-0.39, 0.29) is 6.10 Å². The molecule has 1 fully saturated rings. The van der Waals surface area contributed by atoms with Crippen LogP contribution in [-0.2, 0) is 0 Å². The standard InChI is InChI=1S/C12H14ClNO2/c13-10-3-4-12(9(6-10)8-15)14-5-1-2-11(16)7-14/h3-4,6,8,11,16H,1-2,5,7H2. The first-order chi connectivity index (χ1) is 7.70. The Morgan fingerprint density at radius 3 is 3.00 bits per heavy atom. The Morgan fingerprint density at radius 2 is 2.31 bits per heavy atom. The number of carbonyl (C=O) groups excluding carboxylic acids is 1. The minimum Gasteiger partial charge on any atom is -0.391 e. The number of anilines is 1. The Morgan fingerprint density at radius 1 is 1.50 bits per heavy atom. The van der Waals surface area contributed by atoms with Crippen LogP contribution >= 0.6 is 11.6 Å². The van der Waals surface area contributed by atoms with Gasteiger partial charge in [-0.2, -0.15) is 0 Å². The summed E-state index contributed by atoms with van der Waals surface area (Å²) in [5.74, 6) is 0. The third-order valence-electron chi connectivity index (χ3n) is 2.85. The molecule has 4 heteroatoms. The molecule has 86 valence electrons. The van der Waals surface area contributed by atoms with Crippen molar-refractivity contribution in [2.45, 2.75) is 18.9 Å². The Labute approximate surface area is 99.6 Å². The number of carbonyl (C=O) groups is 1. The molecule has 0 saturated carbocycles. The minimum absolute atomic E-state index is 0.302. The zero-order valence-electron chi connectivity index (χ0n) is 8.90. The second-order valence-electron chi connectivity index (χ2n) is 4.06. The van der Waals surface area contributed by atoms with E-state index in [0.717, 1.165) is 31.4 Å². The summed E-state index contributed by atoms with van der Waals surface area (Å²) in [6.45, 7) is 1.46. The first-order valence-corrected chi connectivity index (χ1v) is 5.76. The maximum absolute atomic E-state index is 11.0. The zero-order valence-corrected chi connectivity index (χ0v) is 9.65. The third-order valence-corrected chi connectivity index (χ3v) is 3.09. The van der Waals surface area contributed by atoms with E-state index in [9.17, 15) is 9.90 Å². The molecule has 16 heavy (non-hydrogen) atoms. The highest BCUT2D eigenvalue weighted by Crippen LogP contribution is 2.25. The van der Waals surface area contributed by atoms with E-state index >= 15 is 0 Å². The fourth-order valence-corrected chi connectivity index (χ4v) is 2.26. The van der Waals surface area contributed by atoms with Crippen LogP contribution in [0.1, 0.15) is 23.2 Å². The fourth-order valence-electron chi connectivity index (χ4n) is 2.08. The van der Waals surface area contributed by atoms with Crippen molar-refractivity contribution in [2.24, 2.45) is 0 Å². The van der Waals surface area contributed by atoms with E-state index in [1.165, 1.54) is 0 Å². The lowest BCUT2D eigenvalue weighted by Gasteiger charge is -2.32. The summed E-state index contributed by atoms with van der Waals surface area (Å²) in [7, 11) is 0. The average molecular weight is 240 g/mol. The average Bonchev–Trinajstić information content (AvgIpc) is 2.28. The third kappa shape index (κ3) is 2.36. The zero-order chi connectivity index (χ0) is 11.5. The number of aldehydes is 1. The number of rotatable bonds is 2. The molecule has 2 rings (SSSR count). The van der Waals surface area contributed by atoms with Crippen LogP contribution in [0.3, 0.4) is 0 Å². The molecule has 1 saturated heterocycles. The molecule has 0 aliphatic carbocycles. The maximum Gasteiger partial charge on any atom is 0.152 e. The highest BCUT2D eigenvalue weighted by molar-refractivity contribution is 6.31. The molecule has 0 bridgehead atoms. The van der Waals surface area contributed by atoms with Crippen LogP contribution in [0.4, 0.5) is 5.69 Å². The second kappa shape index (κ2) is 4.85. The van der Waals surface area contributed by atoms with Crippen molar-refractivity contribution in [3.05, 3.63) is 28.8 Å². The minimum atomic E-state index is -0.302.